The van der Waals surface area contributed by atoms with Crippen molar-refractivity contribution in [3.63, 3.8) is 0 Å². The van der Waals surface area contributed by atoms with Gasteiger partial charge in [0, 0.05) is 11.0 Å². The predicted octanol–water partition coefficient (Wildman–Crippen LogP) is 8.37. The number of methoxy groups -OCH3 is 1. The molecule has 0 saturated carbocycles. The molecule has 3 heteroatoms. The van der Waals surface area contributed by atoms with Crippen molar-refractivity contribution in [3.05, 3.63) is 47.1 Å². The molecule has 174 valence electrons. The SMILES string of the molecule is COc1c(C(C)(C)C2=CC([Si](C)(C)C(C)(C)C)C=C2)cc(C)cc1[Si](C)(C)C(C)(C)C. The van der Waals surface area contributed by atoms with Gasteiger partial charge in [0.1, 0.15) is 5.75 Å². The standard InChI is InChI=1S/C28H48OSi2/c1-20-17-23(25(29-10)24(18-20)31(13,14)27(5,6)7)28(8,9)21-15-16-22(19-21)30(11,12)26(2,3)4/h15-19,22H,1-14H3. The second-order valence-corrected chi connectivity index (χ2v) is 24.3. The molecule has 1 nitrogen and oxygen atoms in total. The van der Waals surface area contributed by atoms with E-state index in [9.17, 15) is 0 Å². The van der Waals surface area contributed by atoms with Gasteiger partial charge in [0.05, 0.1) is 23.3 Å². The van der Waals surface area contributed by atoms with Crippen LogP contribution in [0.25, 0.3) is 0 Å². The van der Waals surface area contributed by atoms with Gasteiger partial charge in [-0.3, -0.25) is 0 Å². The van der Waals surface area contributed by atoms with Crippen LogP contribution in [-0.2, 0) is 5.41 Å². The van der Waals surface area contributed by atoms with Crippen LogP contribution in [0.15, 0.2) is 35.9 Å². The lowest BCUT2D eigenvalue weighted by Gasteiger charge is -2.41. The molecule has 0 fully saturated rings. The molecule has 0 heterocycles. The highest BCUT2D eigenvalue weighted by molar-refractivity contribution is 6.92. The zero-order chi connectivity index (χ0) is 24.2. The molecule has 0 spiro atoms. The molecular weight excluding hydrogens is 408 g/mol. The number of aryl methyl sites for hydroxylation is 1. The minimum Gasteiger partial charge on any atom is -0.497 e. The Balaban J connectivity index is 2.66. The molecule has 1 aliphatic carbocycles. The molecule has 1 aliphatic rings. The quantitative estimate of drug-likeness (QED) is 0.404. The maximum atomic E-state index is 6.20. The first kappa shape index (κ1) is 26.2. The summed E-state index contributed by atoms with van der Waals surface area (Å²) in [5.41, 5.74) is 4.60. The monoisotopic (exact) mass is 456 g/mol. The van der Waals surface area contributed by atoms with E-state index < -0.39 is 16.1 Å². The van der Waals surface area contributed by atoms with Crippen LogP contribution in [0, 0.1) is 6.92 Å². The number of hydrogen-bond acceptors (Lipinski definition) is 1. The van der Waals surface area contributed by atoms with E-state index in [0.29, 0.717) is 10.6 Å². The fourth-order valence-corrected chi connectivity index (χ4v) is 8.73. The van der Waals surface area contributed by atoms with Gasteiger partial charge in [-0.15, -0.1) is 0 Å². The van der Waals surface area contributed by atoms with Crippen molar-refractivity contribution in [3.8, 4) is 5.75 Å². The predicted molar refractivity (Wildman–Crippen MR) is 146 cm³/mol. The zero-order valence-electron chi connectivity index (χ0n) is 22.9. The number of allylic oxidation sites excluding steroid dienone is 4. The van der Waals surface area contributed by atoms with Crippen molar-refractivity contribution in [1.29, 1.82) is 0 Å². The first-order chi connectivity index (χ1) is 13.8. The highest BCUT2D eigenvalue weighted by Crippen LogP contribution is 2.50. The maximum Gasteiger partial charge on any atom is 0.122 e. The van der Waals surface area contributed by atoms with E-state index in [-0.39, 0.29) is 10.5 Å². The van der Waals surface area contributed by atoms with Gasteiger partial charge in [0.2, 0.25) is 0 Å². The Hall–Kier alpha value is -1.07. The summed E-state index contributed by atoms with van der Waals surface area (Å²) in [6.45, 7) is 31.5. The van der Waals surface area contributed by atoms with Crippen LogP contribution in [0.5, 0.6) is 5.75 Å². The number of hydrogen-bond donors (Lipinski definition) is 0. The van der Waals surface area contributed by atoms with Crippen molar-refractivity contribution in [2.24, 2.45) is 0 Å². The van der Waals surface area contributed by atoms with Gasteiger partial charge in [-0.05, 0) is 33.3 Å². The van der Waals surface area contributed by atoms with Gasteiger partial charge in [-0.1, -0.05) is 118 Å². The van der Waals surface area contributed by atoms with Gasteiger partial charge in [-0.2, -0.15) is 0 Å². The van der Waals surface area contributed by atoms with Gasteiger partial charge >= 0.3 is 0 Å². The molecule has 1 unspecified atom stereocenters. The third-order valence-corrected chi connectivity index (χ3v) is 20.3. The number of benzene rings is 1. The van der Waals surface area contributed by atoms with Gasteiger partial charge in [0.25, 0.3) is 0 Å². The molecule has 1 aromatic carbocycles. The van der Waals surface area contributed by atoms with Crippen LogP contribution >= 0.6 is 0 Å². The average Bonchev–Trinajstić information content (AvgIpc) is 3.10. The lowest BCUT2D eigenvalue weighted by atomic mass is 9.77. The molecule has 31 heavy (non-hydrogen) atoms. The van der Waals surface area contributed by atoms with Crippen LogP contribution in [0.1, 0.15) is 66.5 Å². The van der Waals surface area contributed by atoms with Crippen molar-refractivity contribution >= 4 is 21.3 Å². The summed E-state index contributed by atoms with van der Waals surface area (Å²) < 4.78 is 6.20. The molecule has 0 radical (unpaired) electrons. The second kappa shape index (κ2) is 8.06. The maximum absolute atomic E-state index is 6.20. The van der Waals surface area contributed by atoms with E-state index in [0.717, 1.165) is 5.75 Å². The molecule has 0 bridgehead atoms. The Morgan fingerprint density at radius 2 is 1.39 bits per heavy atom. The Bertz CT molecular complexity index is 887. The number of rotatable bonds is 5. The van der Waals surface area contributed by atoms with Gasteiger partial charge in [-0.25, -0.2) is 0 Å². The fraction of sp³-hybridized carbons (Fsp3) is 0.643. The molecule has 0 N–H and O–H groups in total. The summed E-state index contributed by atoms with van der Waals surface area (Å²) in [7, 11) is -1.37. The molecule has 0 saturated heterocycles. The van der Waals surface area contributed by atoms with E-state index in [2.05, 4.69) is 119 Å². The topological polar surface area (TPSA) is 9.23 Å². The van der Waals surface area contributed by atoms with E-state index in [1.54, 1.807) is 0 Å². The lowest BCUT2D eigenvalue weighted by molar-refractivity contribution is 0.403. The van der Waals surface area contributed by atoms with Crippen molar-refractivity contribution in [1.82, 2.24) is 0 Å². The molecule has 0 amide bonds. The highest BCUT2D eigenvalue weighted by Gasteiger charge is 2.44. The van der Waals surface area contributed by atoms with Crippen molar-refractivity contribution in [2.75, 3.05) is 7.11 Å². The molecule has 1 atom stereocenters. The average molecular weight is 457 g/mol. The Morgan fingerprint density at radius 3 is 1.84 bits per heavy atom. The highest BCUT2D eigenvalue weighted by atomic mass is 28.3. The largest absolute Gasteiger partial charge is 0.497 e. The third-order valence-electron chi connectivity index (χ3n) is 8.99. The van der Waals surface area contributed by atoms with E-state index in [1.807, 2.05) is 7.11 Å². The first-order valence-corrected chi connectivity index (χ1v) is 18.0. The van der Waals surface area contributed by atoms with Crippen LogP contribution in [0.2, 0.25) is 41.8 Å². The molecular formula is C28H48OSi2. The van der Waals surface area contributed by atoms with Crippen LogP contribution in [0.4, 0.5) is 0 Å². The van der Waals surface area contributed by atoms with Gasteiger partial charge < -0.3 is 4.74 Å². The van der Waals surface area contributed by atoms with Crippen molar-refractivity contribution in [2.45, 2.75) is 110 Å². The summed E-state index contributed by atoms with van der Waals surface area (Å²) in [4.78, 5) is 0. The Kier molecular flexibility index (Phi) is 6.81. The lowest BCUT2D eigenvalue weighted by Crippen LogP contribution is -2.50. The Labute approximate surface area is 195 Å². The van der Waals surface area contributed by atoms with Gasteiger partial charge in [0.15, 0.2) is 0 Å². The molecule has 0 aliphatic heterocycles. The molecule has 2 rings (SSSR count). The summed E-state index contributed by atoms with van der Waals surface area (Å²) in [6.07, 6.45) is 7.45. The van der Waals surface area contributed by atoms with Crippen LogP contribution < -0.4 is 9.92 Å². The van der Waals surface area contributed by atoms with Crippen LogP contribution in [0.3, 0.4) is 0 Å². The minimum absolute atomic E-state index is 0.0951. The number of ether oxygens (including phenoxy) is 1. The minimum atomic E-state index is -1.75. The fourth-order valence-electron chi connectivity index (χ4n) is 4.36. The van der Waals surface area contributed by atoms with Crippen molar-refractivity contribution < 1.29 is 4.74 Å². The summed E-state index contributed by atoms with van der Waals surface area (Å²) in [6, 6.07) is 4.76. The third kappa shape index (κ3) is 4.55. The Morgan fingerprint density at radius 1 is 0.839 bits per heavy atom. The summed E-state index contributed by atoms with van der Waals surface area (Å²) in [5.74, 6) is 1.12. The summed E-state index contributed by atoms with van der Waals surface area (Å²) >= 11 is 0. The normalized spacial score (nSPS) is 18.4. The van der Waals surface area contributed by atoms with Crippen LogP contribution in [-0.4, -0.2) is 23.3 Å². The van der Waals surface area contributed by atoms with E-state index >= 15 is 0 Å². The first-order valence-electron chi connectivity index (χ1n) is 11.9. The summed E-state index contributed by atoms with van der Waals surface area (Å²) in [5, 5.41) is 2.08. The smallest absolute Gasteiger partial charge is 0.122 e. The van der Waals surface area contributed by atoms with E-state index in [4.69, 9.17) is 4.74 Å². The molecule has 0 aromatic heterocycles. The van der Waals surface area contributed by atoms with E-state index in [1.165, 1.54) is 21.9 Å². The molecule has 1 aromatic rings. The zero-order valence-corrected chi connectivity index (χ0v) is 24.9. The second-order valence-electron chi connectivity index (χ2n) is 13.4.